The summed E-state index contributed by atoms with van der Waals surface area (Å²) in [5.74, 6) is 4.47. The second-order valence-electron chi connectivity index (χ2n) is 9.68. The molecular weight excluding hydrogens is 517 g/mol. The number of carboxylic acids is 1. The van der Waals surface area contributed by atoms with Crippen LogP contribution in [0.3, 0.4) is 0 Å². The molecule has 0 atom stereocenters. The first-order valence-electron chi connectivity index (χ1n) is 12.9. The van der Waals surface area contributed by atoms with E-state index in [1.54, 1.807) is 12.1 Å². The first-order chi connectivity index (χ1) is 18.8. The zero-order chi connectivity index (χ0) is 27.9. The molecule has 1 N–H and O–H groups in total. The maximum absolute atomic E-state index is 14.5. The van der Waals surface area contributed by atoms with Crippen LogP contribution in [0.2, 0.25) is 0 Å². The van der Waals surface area contributed by atoms with Gasteiger partial charge in [0.2, 0.25) is 0 Å². The summed E-state index contributed by atoms with van der Waals surface area (Å²) in [5, 5.41) is 10.4. The fraction of sp³-hybridized carbons (Fsp3) is 0.367. The number of aromatic nitrogens is 1. The maximum atomic E-state index is 14.5. The highest BCUT2D eigenvalue weighted by Crippen LogP contribution is 2.33. The summed E-state index contributed by atoms with van der Waals surface area (Å²) in [4.78, 5) is 32.7. The number of nitrogens with zero attached hydrogens (tertiary/aromatic N) is 3. The van der Waals surface area contributed by atoms with E-state index >= 15 is 0 Å². The standard InChI is InChI=1S/C30H32FN3O4S/c1-4-20-15-22-11-13-34(18-24(22)23(16-20)19-35)30-32-28(29(36)37)27(39-30)8-6-14-38-26-10-9-21(17-25(26)31)7-5-12-33(2)3/h9-10,15-17,19H,4,6,8,11-14,18H2,1-3H3,(H,36,37). The Kier molecular flexibility index (Phi) is 9.33. The fourth-order valence-corrected chi connectivity index (χ4v) is 5.58. The van der Waals surface area contributed by atoms with Crippen LogP contribution in [0.1, 0.15) is 61.3 Å². The van der Waals surface area contributed by atoms with Gasteiger partial charge in [0, 0.05) is 29.1 Å². The highest BCUT2D eigenvalue weighted by Gasteiger charge is 2.25. The Bertz CT molecular complexity index is 1420. The number of hydrogen-bond donors (Lipinski definition) is 1. The summed E-state index contributed by atoms with van der Waals surface area (Å²) >= 11 is 1.35. The molecule has 0 fully saturated rings. The Morgan fingerprint density at radius 3 is 2.82 bits per heavy atom. The lowest BCUT2D eigenvalue weighted by Gasteiger charge is -2.29. The van der Waals surface area contributed by atoms with Crippen LogP contribution in [0, 0.1) is 17.7 Å². The third-order valence-corrected chi connectivity index (χ3v) is 7.67. The Morgan fingerprint density at radius 2 is 2.13 bits per heavy atom. The number of hydrogen-bond acceptors (Lipinski definition) is 7. The predicted octanol–water partition coefficient (Wildman–Crippen LogP) is 4.84. The van der Waals surface area contributed by atoms with Crippen LogP contribution in [0.5, 0.6) is 5.75 Å². The minimum atomic E-state index is -1.08. The van der Waals surface area contributed by atoms with Gasteiger partial charge in [-0.15, -0.1) is 11.3 Å². The van der Waals surface area contributed by atoms with E-state index in [0.29, 0.717) is 53.6 Å². The van der Waals surface area contributed by atoms with Crippen LogP contribution in [0.4, 0.5) is 9.52 Å². The molecule has 7 nitrogen and oxygen atoms in total. The third kappa shape index (κ3) is 7.02. The van der Waals surface area contributed by atoms with Crippen molar-refractivity contribution < 1.29 is 23.8 Å². The van der Waals surface area contributed by atoms with Gasteiger partial charge in [0.05, 0.1) is 13.2 Å². The molecule has 0 aliphatic carbocycles. The molecule has 4 rings (SSSR count). The molecule has 1 aliphatic heterocycles. The predicted molar refractivity (Wildman–Crippen MR) is 151 cm³/mol. The van der Waals surface area contributed by atoms with Crippen LogP contribution in [-0.2, 0) is 25.8 Å². The molecule has 9 heteroatoms. The Morgan fingerprint density at radius 1 is 1.31 bits per heavy atom. The van der Waals surface area contributed by atoms with Crippen molar-refractivity contribution in [2.75, 3.05) is 38.7 Å². The fourth-order valence-electron chi connectivity index (χ4n) is 4.46. The average molecular weight is 550 g/mol. The van der Waals surface area contributed by atoms with Gasteiger partial charge in [-0.2, -0.15) is 0 Å². The molecule has 3 aromatic rings. The molecule has 0 unspecified atom stereocenters. The Balaban J connectivity index is 1.39. The topological polar surface area (TPSA) is 83.0 Å². The van der Waals surface area contributed by atoms with Crippen molar-refractivity contribution in [2.45, 2.75) is 39.2 Å². The van der Waals surface area contributed by atoms with Gasteiger partial charge in [0.25, 0.3) is 0 Å². The molecule has 0 bridgehead atoms. The van der Waals surface area contributed by atoms with Crippen molar-refractivity contribution >= 4 is 28.7 Å². The molecule has 1 aliphatic rings. The number of aldehydes is 1. The van der Waals surface area contributed by atoms with Crippen molar-refractivity contribution in [1.82, 2.24) is 9.88 Å². The van der Waals surface area contributed by atoms with Gasteiger partial charge in [0.1, 0.15) is 6.29 Å². The maximum Gasteiger partial charge on any atom is 0.355 e. The molecule has 1 aromatic heterocycles. The second-order valence-corrected chi connectivity index (χ2v) is 10.7. The SMILES string of the molecule is CCc1cc(C=O)c2c(c1)CCN(c1nc(C(=O)O)c(CCCOc3ccc(C#CCN(C)C)cc3F)s1)C2. The smallest absolute Gasteiger partial charge is 0.355 e. The molecule has 0 radical (unpaired) electrons. The average Bonchev–Trinajstić information content (AvgIpc) is 3.35. The number of aromatic carboxylic acids is 1. The molecule has 2 heterocycles. The van der Waals surface area contributed by atoms with E-state index in [1.165, 1.54) is 23.0 Å². The molecule has 39 heavy (non-hydrogen) atoms. The Labute approximate surface area is 232 Å². The van der Waals surface area contributed by atoms with E-state index in [9.17, 15) is 19.1 Å². The van der Waals surface area contributed by atoms with Crippen molar-refractivity contribution in [2.24, 2.45) is 0 Å². The van der Waals surface area contributed by atoms with E-state index < -0.39 is 11.8 Å². The summed E-state index contributed by atoms with van der Waals surface area (Å²) < 4.78 is 20.1. The van der Waals surface area contributed by atoms with Gasteiger partial charge in [0.15, 0.2) is 22.4 Å². The van der Waals surface area contributed by atoms with Gasteiger partial charge in [-0.05, 0) is 80.7 Å². The summed E-state index contributed by atoms with van der Waals surface area (Å²) in [6, 6.07) is 8.72. The molecule has 2 aromatic carbocycles. The van der Waals surface area contributed by atoms with E-state index in [-0.39, 0.29) is 18.1 Å². The van der Waals surface area contributed by atoms with Crippen molar-refractivity contribution in [3.8, 4) is 17.6 Å². The number of thiazole rings is 1. The van der Waals surface area contributed by atoms with Crippen LogP contribution in [0.15, 0.2) is 30.3 Å². The number of carbonyl (C=O) groups is 2. The van der Waals surface area contributed by atoms with Gasteiger partial charge in [-0.3, -0.25) is 9.69 Å². The summed E-state index contributed by atoms with van der Waals surface area (Å²) in [5.41, 5.74) is 4.58. The molecule has 0 saturated carbocycles. The largest absolute Gasteiger partial charge is 0.491 e. The number of benzene rings is 2. The van der Waals surface area contributed by atoms with Gasteiger partial charge in [-0.25, -0.2) is 14.2 Å². The quantitative estimate of drug-likeness (QED) is 0.220. The first-order valence-corrected chi connectivity index (χ1v) is 13.7. The third-order valence-electron chi connectivity index (χ3n) is 6.50. The number of carbonyl (C=O) groups excluding carboxylic acids is 1. The molecule has 0 saturated heterocycles. The van der Waals surface area contributed by atoms with Crippen molar-refractivity contribution in [3.63, 3.8) is 0 Å². The van der Waals surface area contributed by atoms with Crippen molar-refractivity contribution in [3.05, 3.63) is 74.5 Å². The minimum Gasteiger partial charge on any atom is -0.491 e. The summed E-state index contributed by atoms with van der Waals surface area (Å²) in [6.45, 7) is 4.09. The van der Waals surface area contributed by atoms with Gasteiger partial charge < -0.3 is 14.7 Å². The van der Waals surface area contributed by atoms with Gasteiger partial charge >= 0.3 is 5.97 Å². The monoisotopic (exact) mass is 549 g/mol. The van der Waals surface area contributed by atoms with E-state index in [0.717, 1.165) is 30.3 Å². The molecule has 0 amide bonds. The zero-order valence-electron chi connectivity index (χ0n) is 22.4. The van der Waals surface area contributed by atoms with Crippen molar-refractivity contribution in [1.29, 1.82) is 0 Å². The van der Waals surface area contributed by atoms with Crippen LogP contribution < -0.4 is 9.64 Å². The van der Waals surface area contributed by atoms with Crippen LogP contribution in [0.25, 0.3) is 0 Å². The normalized spacial score (nSPS) is 12.6. The van der Waals surface area contributed by atoms with Crippen LogP contribution in [-0.4, -0.2) is 61.0 Å². The van der Waals surface area contributed by atoms with Gasteiger partial charge in [-0.1, -0.05) is 24.8 Å². The number of anilines is 1. The van der Waals surface area contributed by atoms with E-state index in [4.69, 9.17) is 4.74 Å². The number of ether oxygens (including phenoxy) is 1. The zero-order valence-corrected chi connectivity index (χ0v) is 23.2. The first kappa shape index (κ1) is 28.3. The van der Waals surface area contributed by atoms with E-state index in [1.807, 2.05) is 30.0 Å². The minimum absolute atomic E-state index is 0.0320. The number of fused-ring (bicyclic) bond motifs is 1. The highest BCUT2D eigenvalue weighted by atomic mass is 32.1. The Hall–Kier alpha value is -3.74. The molecule has 0 spiro atoms. The summed E-state index contributed by atoms with van der Waals surface area (Å²) in [7, 11) is 3.83. The van der Waals surface area contributed by atoms with E-state index in [2.05, 4.69) is 29.8 Å². The lowest BCUT2D eigenvalue weighted by molar-refractivity contribution is 0.0690. The highest BCUT2D eigenvalue weighted by molar-refractivity contribution is 7.15. The number of rotatable bonds is 10. The number of aryl methyl sites for hydroxylation is 2. The number of halogens is 1. The summed E-state index contributed by atoms with van der Waals surface area (Å²) in [6.07, 6.45) is 3.47. The van der Waals surface area contributed by atoms with Crippen LogP contribution >= 0.6 is 11.3 Å². The second kappa shape index (κ2) is 12.9. The number of carboxylic acid groups (broad SMARTS) is 1. The molecular formula is C30H32FN3O4S. The lowest BCUT2D eigenvalue weighted by atomic mass is 9.92. The lowest BCUT2D eigenvalue weighted by Crippen LogP contribution is -2.31. The molecule has 204 valence electrons.